The zero-order chi connectivity index (χ0) is 21.3. The van der Waals surface area contributed by atoms with Crippen molar-refractivity contribution in [1.82, 2.24) is 10.2 Å². The van der Waals surface area contributed by atoms with Gasteiger partial charge in [-0.25, -0.2) is 0 Å². The highest BCUT2D eigenvalue weighted by Crippen LogP contribution is 2.21. The molecule has 0 bridgehead atoms. The Balaban J connectivity index is 1.52. The minimum absolute atomic E-state index is 0.00510. The van der Waals surface area contributed by atoms with Crippen molar-refractivity contribution in [2.75, 3.05) is 13.1 Å². The summed E-state index contributed by atoms with van der Waals surface area (Å²) in [5.41, 5.74) is 1.88. The van der Waals surface area contributed by atoms with Crippen LogP contribution in [0, 0.1) is 0 Å². The molecule has 1 saturated heterocycles. The number of ether oxygens (including phenoxy) is 1. The minimum Gasteiger partial charge on any atom is -0.434 e. The summed E-state index contributed by atoms with van der Waals surface area (Å²) in [5.74, 6) is -0.321. The summed E-state index contributed by atoms with van der Waals surface area (Å²) in [6.07, 6.45) is 5.95. The van der Waals surface area contributed by atoms with Crippen LogP contribution in [0.3, 0.4) is 0 Å². The number of rotatable bonds is 7. The third kappa shape index (κ3) is 6.14. The van der Waals surface area contributed by atoms with Crippen LogP contribution >= 0.6 is 0 Å². The lowest BCUT2D eigenvalue weighted by Gasteiger charge is -2.26. The van der Waals surface area contributed by atoms with Gasteiger partial charge in [0.2, 0.25) is 5.91 Å². The van der Waals surface area contributed by atoms with Crippen LogP contribution in [0.2, 0.25) is 0 Å². The fourth-order valence-corrected chi connectivity index (χ4v) is 3.28. The molecule has 0 unspecified atom stereocenters. The smallest absolute Gasteiger partial charge is 0.387 e. The van der Waals surface area contributed by atoms with Gasteiger partial charge in [0.1, 0.15) is 5.75 Å². The molecule has 2 aromatic rings. The van der Waals surface area contributed by atoms with Gasteiger partial charge in [0, 0.05) is 36.8 Å². The standard InChI is InChI=1S/C23H24F2N2O3/c24-23(25)30-20-7-3-2-6-18(20)12-13-21(28)26-16-17-8-10-19(11-9-17)22(29)27-14-4-1-5-15-27/h2-3,6-13,23H,1,4-5,14-16H2,(H,26,28)/b13-12+. The molecule has 5 nitrogen and oxygen atoms in total. The van der Waals surface area contributed by atoms with E-state index in [2.05, 4.69) is 10.1 Å². The third-order valence-corrected chi connectivity index (χ3v) is 4.86. The summed E-state index contributed by atoms with van der Waals surface area (Å²) in [5, 5.41) is 2.73. The van der Waals surface area contributed by atoms with Crippen LogP contribution in [0.25, 0.3) is 6.08 Å². The molecule has 0 atom stereocenters. The highest BCUT2D eigenvalue weighted by molar-refractivity contribution is 5.94. The van der Waals surface area contributed by atoms with Crippen molar-refractivity contribution in [3.8, 4) is 5.75 Å². The van der Waals surface area contributed by atoms with Crippen LogP contribution in [0.4, 0.5) is 8.78 Å². The van der Waals surface area contributed by atoms with E-state index in [0.29, 0.717) is 11.1 Å². The highest BCUT2D eigenvalue weighted by Gasteiger charge is 2.17. The van der Waals surface area contributed by atoms with E-state index in [1.54, 1.807) is 30.3 Å². The van der Waals surface area contributed by atoms with Crippen LogP contribution in [0.15, 0.2) is 54.6 Å². The summed E-state index contributed by atoms with van der Waals surface area (Å²) in [6.45, 7) is -1.04. The molecule has 0 aliphatic carbocycles. The van der Waals surface area contributed by atoms with Crippen molar-refractivity contribution in [3.05, 3.63) is 71.3 Å². The number of amides is 2. The Morgan fingerprint density at radius 1 is 1.03 bits per heavy atom. The number of nitrogens with zero attached hydrogens (tertiary/aromatic N) is 1. The van der Waals surface area contributed by atoms with Gasteiger partial charge in [-0.3, -0.25) is 9.59 Å². The number of hydrogen-bond donors (Lipinski definition) is 1. The maximum absolute atomic E-state index is 12.5. The van der Waals surface area contributed by atoms with Crippen molar-refractivity contribution in [2.24, 2.45) is 0 Å². The Hall–Kier alpha value is -3.22. The minimum atomic E-state index is -2.93. The van der Waals surface area contributed by atoms with Crippen LogP contribution in [0.5, 0.6) is 5.75 Å². The van der Waals surface area contributed by atoms with E-state index in [9.17, 15) is 18.4 Å². The van der Waals surface area contributed by atoms with Gasteiger partial charge in [-0.1, -0.05) is 30.3 Å². The van der Waals surface area contributed by atoms with Crippen molar-refractivity contribution in [2.45, 2.75) is 32.4 Å². The number of carbonyl (C=O) groups excluding carboxylic acids is 2. The monoisotopic (exact) mass is 414 g/mol. The second kappa shape index (κ2) is 10.5. The lowest BCUT2D eigenvalue weighted by Crippen LogP contribution is -2.35. The van der Waals surface area contributed by atoms with Crippen LogP contribution in [-0.2, 0) is 11.3 Å². The number of alkyl halides is 2. The second-order valence-corrected chi connectivity index (χ2v) is 7.02. The van der Waals surface area contributed by atoms with Gasteiger partial charge in [-0.15, -0.1) is 0 Å². The van der Waals surface area contributed by atoms with Crippen molar-refractivity contribution in [3.63, 3.8) is 0 Å². The number of para-hydroxylation sites is 1. The van der Waals surface area contributed by atoms with Crippen molar-refractivity contribution >= 4 is 17.9 Å². The van der Waals surface area contributed by atoms with Gasteiger partial charge in [0.15, 0.2) is 0 Å². The molecule has 1 aliphatic heterocycles. The average Bonchev–Trinajstić information content (AvgIpc) is 2.77. The topological polar surface area (TPSA) is 58.6 Å². The van der Waals surface area contributed by atoms with Gasteiger partial charge in [-0.2, -0.15) is 8.78 Å². The molecule has 0 radical (unpaired) electrons. The first-order chi connectivity index (χ1) is 14.5. The maximum atomic E-state index is 12.5. The second-order valence-electron chi connectivity index (χ2n) is 7.02. The fourth-order valence-electron chi connectivity index (χ4n) is 3.28. The predicted octanol–water partition coefficient (Wildman–Crippen LogP) is 4.24. The van der Waals surface area contributed by atoms with E-state index < -0.39 is 6.61 Å². The number of likely N-dealkylation sites (tertiary alicyclic amines) is 1. The van der Waals surface area contributed by atoms with E-state index in [1.807, 2.05) is 17.0 Å². The highest BCUT2D eigenvalue weighted by atomic mass is 19.3. The fraction of sp³-hybridized carbons (Fsp3) is 0.304. The van der Waals surface area contributed by atoms with Gasteiger partial charge < -0.3 is 15.0 Å². The lowest BCUT2D eigenvalue weighted by atomic mass is 10.1. The first kappa shape index (κ1) is 21.5. The molecule has 2 amide bonds. The van der Waals surface area contributed by atoms with E-state index >= 15 is 0 Å². The Labute approximate surface area is 174 Å². The van der Waals surface area contributed by atoms with Crippen LogP contribution in [-0.4, -0.2) is 36.4 Å². The molecule has 0 spiro atoms. The zero-order valence-electron chi connectivity index (χ0n) is 16.5. The Morgan fingerprint density at radius 3 is 2.43 bits per heavy atom. The van der Waals surface area contributed by atoms with Gasteiger partial charge in [-0.05, 0) is 49.1 Å². The number of hydrogen-bond acceptors (Lipinski definition) is 3. The van der Waals surface area contributed by atoms with Crippen LogP contribution < -0.4 is 10.1 Å². The van der Waals surface area contributed by atoms with Gasteiger partial charge >= 0.3 is 6.61 Å². The van der Waals surface area contributed by atoms with Crippen LogP contribution in [0.1, 0.15) is 40.7 Å². The van der Waals surface area contributed by atoms with E-state index in [1.165, 1.54) is 24.6 Å². The number of nitrogens with one attached hydrogen (secondary N) is 1. The number of carbonyl (C=O) groups is 2. The Morgan fingerprint density at radius 2 is 1.73 bits per heavy atom. The molecule has 30 heavy (non-hydrogen) atoms. The molecule has 3 rings (SSSR count). The van der Waals surface area contributed by atoms with E-state index in [0.717, 1.165) is 31.5 Å². The SMILES string of the molecule is O=C(/C=C/c1ccccc1OC(F)F)NCc1ccc(C(=O)N2CCCCC2)cc1. The normalized spacial score (nSPS) is 14.2. The summed E-state index contributed by atoms with van der Waals surface area (Å²) in [4.78, 5) is 26.4. The Kier molecular flexibility index (Phi) is 7.54. The van der Waals surface area contributed by atoms with Gasteiger partial charge in [0.25, 0.3) is 5.91 Å². The molecule has 1 aliphatic rings. The quantitative estimate of drug-likeness (QED) is 0.690. The van der Waals surface area contributed by atoms with Crippen molar-refractivity contribution in [1.29, 1.82) is 0 Å². The van der Waals surface area contributed by atoms with Crippen molar-refractivity contribution < 1.29 is 23.1 Å². The molecule has 158 valence electrons. The summed E-state index contributed by atoms with van der Waals surface area (Å²) in [7, 11) is 0. The van der Waals surface area contributed by atoms with E-state index in [-0.39, 0.29) is 24.1 Å². The first-order valence-corrected chi connectivity index (χ1v) is 9.91. The molecule has 0 saturated carbocycles. The lowest BCUT2D eigenvalue weighted by molar-refractivity contribution is -0.116. The molecule has 1 fully saturated rings. The molecular weight excluding hydrogens is 390 g/mol. The summed E-state index contributed by atoms with van der Waals surface area (Å²) < 4.78 is 29.3. The molecule has 0 aromatic heterocycles. The molecule has 1 heterocycles. The largest absolute Gasteiger partial charge is 0.434 e. The summed E-state index contributed by atoms with van der Waals surface area (Å²) >= 11 is 0. The first-order valence-electron chi connectivity index (χ1n) is 9.91. The molecule has 7 heteroatoms. The molecule has 2 aromatic carbocycles. The number of piperidine rings is 1. The number of benzene rings is 2. The average molecular weight is 414 g/mol. The van der Waals surface area contributed by atoms with Gasteiger partial charge in [0.05, 0.1) is 0 Å². The molecule has 1 N–H and O–H groups in total. The maximum Gasteiger partial charge on any atom is 0.387 e. The summed E-state index contributed by atoms with van der Waals surface area (Å²) in [6, 6.07) is 13.4. The number of halogens is 2. The van der Waals surface area contributed by atoms with E-state index in [4.69, 9.17) is 0 Å². The predicted molar refractivity (Wildman–Crippen MR) is 110 cm³/mol. The molecular formula is C23H24F2N2O3. The zero-order valence-corrected chi connectivity index (χ0v) is 16.5. The Bertz CT molecular complexity index is 892. The third-order valence-electron chi connectivity index (χ3n) is 4.86.